The van der Waals surface area contributed by atoms with Crippen LogP contribution in [0.3, 0.4) is 0 Å². The van der Waals surface area contributed by atoms with Gasteiger partial charge in [0.15, 0.2) is 0 Å². The number of halogens is 1. The minimum Gasteiger partial charge on any atom is -0.396 e. The fourth-order valence-electron chi connectivity index (χ4n) is 0.391. The van der Waals surface area contributed by atoms with Crippen LogP contribution >= 0.6 is 12.4 Å². The first-order valence-corrected chi connectivity index (χ1v) is 2.60. The van der Waals surface area contributed by atoms with Gasteiger partial charge in [-0.3, -0.25) is 0 Å². The maximum Gasteiger partial charge on any atom is 0.0822 e. The molecule has 0 aliphatic carbocycles. The van der Waals surface area contributed by atoms with Gasteiger partial charge in [0, 0.05) is 6.61 Å². The van der Waals surface area contributed by atoms with Crippen LogP contribution in [0.1, 0.15) is 19.3 Å². The molecule has 0 aromatic rings. The van der Waals surface area contributed by atoms with Crippen LogP contribution in [0.15, 0.2) is 0 Å². The van der Waals surface area contributed by atoms with E-state index in [0.717, 1.165) is 12.8 Å². The van der Waals surface area contributed by atoms with Crippen molar-refractivity contribution in [2.24, 2.45) is 0 Å². The second kappa shape index (κ2) is 15.7. The lowest BCUT2D eigenvalue weighted by molar-refractivity contribution is 0.182. The molecule has 59 valence electrons. The SMILES string of the molecule is Cl.N.[O]CCCCCO. The minimum atomic E-state index is 0. The first-order valence-electron chi connectivity index (χ1n) is 2.60. The Bertz CT molecular complexity index is 34.1. The predicted molar refractivity (Wildman–Crippen MR) is 38.8 cm³/mol. The molecular formula is C5H15ClNO2. The Morgan fingerprint density at radius 1 is 1.11 bits per heavy atom. The Balaban J connectivity index is -0.000000180. The van der Waals surface area contributed by atoms with Gasteiger partial charge < -0.3 is 11.3 Å². The van der Waals surface area contributed by atoms with E-state index in [1.165, 1.54) is 0 Å². The number of rotatable bonds is 4. The lowest BCUT2D eigenvalue weighted by Gasteiger charge is -1.88. The molecule has 0 saturated heterocycles. The summed E-state index contributed by atoms with van der Waals surface area (Å²) in [6.07, 6.45) is 2.36. The summed E-state index contributed by atoms with van der Waals surface area (Å²) in [7, 11) is 0. The molecule has 0 bridgehead atoms. The first-order chi connectivity index (χ1) is 3.41. The normalized spacial score (nSPS) is 7.33. The quantitative estimate of drug-likeness (QED) is 0.600. The molecule has 9 heavy (non-hydrogen) atoms. The van der Waals surface area contributed by atoms with Crippen LogP contribution < -0.4 is 6.15 Å². The summed E-state index contributed by atoms with van der Waals surface area (Å²) in [4.78, 5) is 0. The van der Waals surface area contributed by atoms with Crippen LogP contribution in [0, 0.1) is 0 Å². The van der Waals surface area contributed by atoms with Crippen molar-refractivity contribution >= 4 is 12.4 Å². The minimum absolute atomic E-state index is 0. The molecule has 0 fully saturated rings. The summed E-state index contributed by atoms with van der Waals surface area (Å²) in [6, 6.07) is 0. The molecule has 0 aliphatic rings. The lowest BCUT2D eigenvalue weighted by atomic mass is 10.2. The van der Waals surface area contributed by atoms with E-state index in [2.05, 4.69) is 0 Å². The summed E-state index contributed by atoms with van der Waals surface area (Å²) < 4.78 is 0. The molecule has 0 atom stereocenters. The second-order valence-electron chi connectivity index (χ2n) is 1.49. The number of hydrogen-bond donors (Lipinski definition) is 2. The summed E-state index contributed by atoms with van der Waals surface area (Å²) in [5.41, 5.74) is 0. The van der Waals surface area contributed by atoms with Crippen molar-refractivity contribution in [1.29, 1.82) is 0 Å². The maximum absolute atomic E-state index is 9.72. The van der Waals surface area contributed by atoms with Crippen molar-refractivity contribution in [2.75, 3.05) is 13.2 Å². The molecule has 0 spiro atoms. The Kier molecular flexibility index (Phi) is 28.1. The van der Waals surface area contributed by atoms with E-state index in [0.29, 0.717) is 6.42 Å². The third kappa shape index (κ3) is 17.9. The number of aliphatic hydroxyl groups excluding tert-OH is 1. The second-order valence-corrected chi connectivity index (χ2v) is 1.49. The molecule has 4 heteroatoms. The smallest absolute Gasteiger partial charge is 0.0822 e. The van der Waals surface area contributed by atoms with Gasteiger partial charge in [0.25, 0.3) is 0 Å². The van der Waals surface area contributed by atoms with Crippen LogP contribution in [-0.2, 0) is 5.11 Å². The molecule has 0 amide bonds. The van der Waals surface area contributed by atoms with Crippen LogP contribution in [0.4, 0.5) is 0 Å². The highest BCUT2D eigenvalue weighted by Crippen LogP contribution is 1.90. The highest BCUT2D eigenvalue weighted by atomic mass is 35.5. The van der Waals surface area contributed by atoms with Crippen molar-refractivity contribution in [3.05, 3.63) is 0 Å². The summed E-state index contributed by atoms with van der Waals surface area (Å²) in [6.45, 7) is 0.222. The van der Waals surface area contributed by atoms with E-state index in [1.807, 2.05) is 0 Å². The zero-order valence-corrected chi connectivity index (χ0v) is 6.32. The zero-order valence-electron chi connectivity index (χ0n) is 5.51. The summed E-state index contributed by atoms with van der Waals surface area (Å²) in [5, 5.41) is 17.9. The maximum atomic E-state index is 9.72. The molecule has 0 aromatic heterocycles. The zero-order chi connectivity index (χ0) is 5.54. The van der Waals surface area contributed by atoms with Gasteiger partial charge in [-0.25, -0.2) is 5.11 Å². The van der Waals surface area contributed by atoms with Gasteiger partial charge in [0.05, 0.1) is 6.61 Å². The van der Waals surface area contributed by atoms with E-state index < -0.39 is 0 Å². The van der Waals surface area contributed by atoms with Crippen molar-refractivity contribution in [3.63, 3.8) is 0 Å². The molecule has 0 unspecified atom stereocenters. The fraction of sp³-hybridized carbons (Fsp3) is 1.00. The van der Waals surface area contributed by atoms with Gasteiger partial charge in [0.1, 0.15) is 0 Å². The van der Waals surface area contributed by atoms with Crippen molar-refractivity contribution in [3.8, 4) is 0 Å². The third-order valence-electron chi connectivity index (χ3n) is 0.802. The Morgan fingerprint density at radius 3 is 2.00 bits per heavy atom. The largest absolute Gasteiger partial charge is 0.396 e. The molecule has 0 aromatic carbocycles. The van der Waals surface area contributed by atoms with Gasteiger partial charge in [0.2, 0.25) is 0 Å². The van der Waals surface area contributed by atoms with E-state index >= 15 is 0 Å². The molecule has 0 saturated carbocycles. The van der Waals surface area contributed by atoms with E-state index in [1.54, 1.807) is 0 Å². The Morgan fingerprint density at radius 2 is 1.67 bits per heavy atom. The Hall–Kier alpha value is 0.170. The number of hydrogen-bond acceptors (Lipinski definition) is 2. The lowest BCUT2D eigenvalue weighted by Crippen LogP contribution is -1.84. The average molecular weight is 157 g/mol. The molecular weight excluding hydrogens is 142 g/mol. The van der Waals surface area contributed by atoms with Gasteiger partial charge in [-0.2, -0.15) is 0 Å². The van der Waals surface area contributed by atoms with Gasteiger partial charge in [-0.05, 0) is 19.3 Å². The first kappa shape index (κ1) is 16.1. The van der Waals surface area contributed by atoms with E-state index in [-0.39, 0.29) is 31.8 Å². The molecule has 0 heterocycles. The predicted octanol–water partition coefficient (Wildman–Crippen LogP) is 1.16. The molecule has 4 N–H and O–H groups in total. The number of aliphatic hydroxyl groups is 1. The van der Waals surface area contributed by atoms with Crippen LogP contribution in [0.5, 0.6) is 0 Å². The van der Waals surface area contributed by atoms with Crippen molar-refractivity contribution in [1.82, 2.24) is 6.15 Å². The molecule has 0 rings (SSSR count). The fourth-order valence-corrected chi connectivity index (χ4v) is 0.391. The van der Waals surface area contributed by atoms with Crippen molar-refractivity contribution in [2.45, 2.75) is 19.3 Å². The van der Waals surface area contributed by atoms with Crippen molar-refractivity contribution < 1.29 is 10.2 Å². The standard InChI is InChI=1S/C5H11O2.ClH.H3N/c6-4-2-1-3-5-7;;/h6H,1-5H2;1H;1H3. The molecule has 1 radical (unpaired) electrons. The van der Waals surface area contributed by atoms with Gasteiger partial charge in [-0.15, -0.1) is 12.4 Å². The van der Waals surface area contributed by atoms with E-state index in [4.69, 9.17) is 5.11 Å². The third-order valence-corrected chi connectivity index (χ3v) is 0.802. The number of unbranched alkanes of at least 4 members (excludes halogenated alkanes) is 2. The van der Waals surface area contributed by atoms with Crippen LogP contribution in [0.25, 0.3) is 0 Å². The van der Waals surface area contributed by atoms with Gasteiger partial charge >= 0.3 is 0 Å². The topological polar surface area (TPSA) is 75.1 Å². The highest BCUT2D eigenvalue weighted by Gasteiger charge is 1.82. The molecule has 3 nitrogen and oxygen atoms in total. The summed E-state index contributed by atoms with van der Waals surface area (Å²) in [5.74, 6) is 0. The molecule has 0 aliphatic heterocycles. The van der Waals surface area contributed by atoms with Gasteiger partial charge in [-0.1, -0.05) is 0 Å². The van der Waals surface area contributed by atoms with Crippen LogP contribution in [-0.4, -0.2) is 18.3 Å². The average Bonchev–Trinajstić information content (AvgIpc) is 1.69. The highest BCUT2D eigenvalue weighted by molar-refractivity contribution is 5.85. The van der Waals surface area contributed by atoms with Crippen LogP contribution in [0.2, 0.25) is 0 Å². The monoisotopic (exact) mass is 156 g/mol. The Labute approximate surface area is 62.1 Å². The summed E-state index contributed by atoms with van der Waals surface area (Å²) >= 11 is 0. The van der Waals surface area contributed by atoms with E-state index in [9.17, 15) is 5.11 Å².